The van der Waals surface area contributed by atoms with Crippen LogP contribution in [0.1, 0.15) is 37.8 Å². The second-order valence-corrected chi connectivity index (χ2v) is 5.46. The van der Waals surface area contributed by atoms with Crippen molar-refractivity contribution < 1.29 is 19.0 Å². The highest BCUT2D eigenvalue weighted by molar-refractivity contribution is 5.70. The van der Waals surface area contributed by atoms with Gasteiger partial charge < -0.3 is 9.84 Å². The molecule has 0 bridgehead atoms. The molecule has 0 amide bonds. The Hall–Kier alpha value is -1.62. The Kier molecular flexibility index (Phi) is 5.17. The number of benzene rings is 1. The number of halogens is 1. The van der Waals surface area contributed by atoms with Gasteiger partial charge in [-0.1, -0.05) is 6.92 Å². The van der Waals surface area contributed by atoms with Crippen LogP contribution < -0.4 is 4.74 Å². The molecule has 0 aromatic heterocycles. The Bertz CT molecular complexity index is 498. The average Bonchev–Trinajstić information content (AvgIpc) is 2.49. The van der Waals surface area contributed by atoms with E-state index in [1.165, 1.54) is 12.1 Å². The molecule has 1 saturated heterocycles. The van der Waals surface area contributed by atoms with Crippen LogP contribution in [-0.4, -0.2) is 36.2 Å². The van der Waals surface area contributed by atoms with E-state index in [0.29, 0.717) is 18.6 Å². The van der Waals surface area contributed by atoms with Crippen molar-refractivity contribution in [3.63, 3.8) is 0 Å². The lowest BCUT2D eigenvalue weighted by atomic mass is 9.93. The molecule has 1 heterocycles. The number of carboxylic acid groups (broad SMARTS) is 1. The van der Waals surface area contributed by atoms with Gasteiger partial charge in [0.15, 0.2) is 0 Å². The second kappa shape index (κ2) is 6.89. The smallest absolute Gasteiger partial charge is 0.306 e. The molecule has 0 radical (unpaired) electrons. The van der Waals surface area contributed by atoms with Crippen molar-refractivity contribution in [3.8, 4) is 5.75 Å². The Morgan fingerprint density at radius 2 is 2.14 bits per heavy atom. The van der Waals surface area contributed by atoms with Gasteiger partial charge in [-0.2, -0.15) is 0 Å². The highest BCUT2D eigenvalue weighted by Gasteiger charge is 2.29. The summed E-state index contributed by atoms with van der Waals surface area (Å²) in [6.45, 7) is 3.49. The second-order valence-electron chi connectivity index (χ2n) is 5.46. The third kappa shape index (κ3) is 3.53. The number of rotatable bonds is 5. The first kappa shape index (κ1) is 15.8. The van der Waals surface area contributed by atoms with Crippen LogP contribution in [0.5, 0.6) is 5.75 Å². The van der Waals surface area contributed by atoms with Crippen molar-refractivity contribution in [1.29, 1.82) is 0 Å². The minimum atomic E-state index is -0.717. The topological polar surface area (TPSA) is 49.8 Å². The van der Waals surface area contributed by atoms with Crippen molar-refractivity contribution >= 4 is 5.97 Å². The molecule has 1 N–H and O–H groups in total. The lowest BCUT2D eigenvalue weighted by molar-refractivity contribution is -0.143. The maximum atomic E-state index is 13.6. The Labute approximate surface area is 124 Å². The number of nitrogens with zero attached hydrogens (tertiary/aromatic N) is 1. The summed E-state index contributed by atoms with van der Waals surface area (Å²) in [6, 6.07) is 4.63. The summed E-state index contributed by atoms with van der Waals surface area (Å²) in [5.74, 6) is -0.563. The van der Waals surface area contributed by atoms with E-state index in [1.54, 1.807) is 13.2 Å². The van der Waals surface area contributed by atoms with Crippen molar-refractivity contribution in [2.24, 2.45) is 5.92 Å². The predicted octanol–water partition coefficient (Wildman–Crippen LogP) is 3.08. The maximum Gasteiger partial charge on any atom is 0.306 e. The summed E-state index contributed by atoms with van der Waals surface area (Å²) in [6.07, 6.45) is 2.12. The van der Waals surface area contributed by atoms with Crippen LogP contribution in [-0.2, 0) is 4.79 Å². The van der Waals surface area contributed by atoms with Crippen LogP contribution >= 0.6 is 0 Å². The van der Waals surface area contributed by atoms with Gasteiger partial charge in [-0.15, -0.1) is 0 Å². The van der Waals surface area contributed by atoms with E-state index in [1.807, 2.05) is 0 Å². The normalized spacial score (nSPS) is 18.4. The number of piperidine rings is 1. The number of methoxy groups -OCH3 is 1. The maximum absolute atomic E-state index is 13.6. The third-order valence-corrected chi connectivity index (χ3v) is 4.26. The fourth-order valence-corrected chi connectivity index (χ4v) is 3.10. The molecule has 1 aromatic rings. The summed E-state index contributed by atoms with van der Waals surface area (Å²) in [7, 11) is 1.58. The van der Waals surface area contributed by atoms with Gasteiger partial charge in [-0.25, -0.2) is 4.39 Å². The summed E-state index contributed by atoms with van der Waals surface area (Å²) < 4.78 is 18.9. The van der Waals surface area contributed by atoms with E-state index in [9.17, 15) is 9.18 Å². The number of carbonyl (C=O) groups is 1. The molecule has 4 nitrogen and oxygen atoms in total. The molecular formula is C16H22FNO3. The zero-order chi connectivity index (χ0) is 15.4. The SMILES string of the molecule is CCC(c1cc(F)ccc1OC)N1CCC(C(=O)O)CC1. The molecule has 21 heavy (non-hydrogen) atoms. The van der Waals surface area contributed by atoms with Crippen molar-refractivity contribution in [2.45, 2.75) is 32.2 Å². The van der Waals surface area contributed by atoms with Crippen LogP contribution in [0.15, 0.2) is 18.2 Å². The summed E-state index contributed by atoms with van der Waals surface area (Å²) in [4.78, 5) is 13.3. The fourth-order valence-electron chi connectivity index (χ4n) is 3.10. The van der Waals surface area contributed by atoms with Gasteiger partial charge in [0.2, 0.25) is 0 Å². The monoisotopic (exact) mass is 295 g/mol. The molecular weight excluding hydrogens is 273 g/mol. The Balaban J connectivity index is 2.17. The first-order valence-electron chi connectivity index (χ1n) is 7.37. The van der Waals surface area contributed by atoms with Gasteiger partial charge in [-0.3, -0.25) is 9.69 Å². The van der Waals surface area contributed by atoms with Gasteiger partial charge in [-0.05, 0) is 50.6 Å². The number of likely N-dealkylation sites (tertiary alicyclic amines) is 1. The van der Waals surface area contributed by atoms with Gasteiger partial charge in [0.1, 0.15) is 11.6 Å². The highest BCUT2D eigenvalue weighted by atomic mass is 19.1. The van der Waals surface area contributed by atoms with Gasteiger partial charge in [0.25, 0.3) is 0 Å². The number of ether oxygens (including phenoxy) is 1. The number of hydrogen-bond acceptors (Lipinski definition) is 3. The Morgan fingerprint density at radius 3 is 2.67 bits per heavy atom. The Morgan fingerprint density at radius 1 is 1.48 bits per heavy atom. The van der Waals surface area contributed by atoms with Crippen LogP contribution in [0.25, 0.3) is 0 Å². The van der Waals surface area contributed by atoms with E-state index >= 15 is 0 Å². The van der Waals surface area contributed by atoms with E-state index in [-0.39, 0.29) is 17.8 Å². The van der Waals surface area contributed by atoms with E-state index in [0.717, 1.165) is 25.1 Å². The highest BCUT2D eigenvalue weighted by Crippen LogP contribution is 2.34. The molecule has 1 fully saturated rings. The van der Waals surface area contributed by atoms with Gasteiger partial charge in [0, 0.05) is 11.6 Å². The summed E-state index contributed by atoms with van der Waals surface area (Å²) in [5, 5.41) is 9.07. The molecule has 116 valence electrons. The molecule has 0 saturated carbocycles. The van der Waals surface area contributed by atoms with E-state index < -0.39 is 5.97 Å². The number of hydrogen-bond donors (Lipinski definition) is 1. The third-order valence-electron chi connectivity index (χ3n) is 4.26. The molecule has 1 unspecified atom stereocenters. The first-order chi connectivity index (χ1) is 10.1. The van der Waals surface area contributed by atoms with Gasteiger partial charge >= 0.3 is 5.97 Å². The number of aliphatic carboxylic acids is 1. The standard InChI is InChI=1S/C16H22FNO3/c1-3-14(13-10-12(17)4-5-15(13)21-2)18-8-6-11(7-9-18)16(19)20/h4-5,10-11,14H,3,6-9H2,1-2H3,(H,19,20). The van der Waals surface area contributed by atoms with Crippen LogP contribution in [0.3, 0.4) is 0 Å². The van der Waals surface area contributed by atoms with Crippen LogP contribution in [0.4, 0.5) is 4.39 Å². The minimum absolute atomic E-state index is 0.0606. The van der Waals surface area contributed by atoms with E-state index in [4.69, 9.17) is 9.84 Å². The van der Waals surface area contributed by atoms with Crippen molar-refractivity contribution in [2.75, 3.05) is 20.2 Å². The quantitative estimate of drug-likeness (QED) is 0.907. The zero-order valence-electron chi connectivity index (χ0n) is 12.5. The van der Waals surface area contributed by atoms with Crippen LogP contribution in [0.2, 0.25) is 0 Å². The largest absolute Gasteiger partial charge is 0.496 e. The molecule has 1 aliphatic heterocycles. The van der Waals surface area contributed by atoms with Crippen molar-refractivity contribution in [3.05, 3.63) is 29.6 Å². The predicted molar refractivity (Wildman–Crippen MR) is 77.9 cm³/mol. The van der Waals surface area contributed by atoms with Crippen molar-refractivity contribution in [1.82, 2.24) is 4.90 Å². The molecule has 2 rings (SSSR count). The number of carboxylic acids is 1. The lowest BCUT2D eigenvalue weighted by Gasteiger charge is -2.36. The molecule has 1 aliphatic rings. The zero-order valence-corrected chi connectivity index (χ0v) is 12.5. The fraction of sp³-hybridized carbons (Fsp3) is 0.562. The van der Waals surface area contributed by atoms with E-state index in [2.05, 4.69) is 11.8 Å². The minimum Gasteiger partial charge on any atom is -0.496 e. The molecule has 1 aromatic carbocycles. The average molecular weight is 295 g/mol. The molecule has 5 heteroatoms. The molecule has 0 aliphatic carbocycles. The van der Waals surface area contributed by atoms with Gasteiger partial charge in [0.05, 0.1) is 13.0 Å². The first-order valence-corrected chi connectivity index (χ1v) is 7.37. The lowest BCUT2D eigenvalue weighted by Crippen LogP contribution is -2.38. The summed E-state index contributed by atoms with van der Waals surface area (Å²) in [5.41, 5.74) is 0.841. The summed E-state index contributed by atoms with van der Waals surface area (Å²) >= 11 is 0. The molecule has 0 spiro atoms. The van der Waals surface area contributed by atoms with Crippen LogP contribution in [0, 0.1) is 11.7 Å². The molecule has 1 atom stereocenters.